The van der Waals surface area contributed by atoms with E-state index in [-0.39, 0.29) is 35.2 Å². The van der Waals surface area contributed by atoms with Crippen LogP contribution in [-0.4, -0.2) is 28.6 Å². The summed E-state index contributed by atoms with van der Waals surface area (Å²) in [6.07, 6.45) is 6.62. The number of carbonyl (C=O) groups is 1. The Kier molecular flexibility index (Phi) is 8.55. The van der Waals surface area contributed by atoms with Gasteiger partial charge in [-0.1, -0.05) is 57.7 Å². The van der Waals surface area contributed by atoms with Crippen molar-refractivity contribution < 1.29 is 14.6 Å². The number of nitrogens with zero attached hydrogens (tertiary/aromatic N) is 2. The zero-order valence-corrected chi connectivity index (χ0v) is 24.2. The SMILES string of the molecule is CCc1nc(C=C2CCC(CO)CC2)ccc1C(=O)C#CC1C(C)(C)C(Oc2ccc(C#N)c(Cl)c2)C1(C)C. The molecule has 6 heteroatoms. The highest BCUT2D eigenvalue weighted by Crippen LogP contribution is 2.60. The highest BCUT2D eigenvalue weighted by atomic mass is 35.5. The predicted octanol–water partition coefficient (Wildman–Crippen LogP) is 7.05. The number of hydrogen-bond acceptors (Lipinski definition) is 5. The van der Waals surface area contributed by atoms with Gasteiger partial charge in [-0.05, 0) is 74.3 Å². The van der Waals surface area contributed by atoms with Crippen molar-refractivity contribution in [3.8, 4) is 23.7 Å². The molecule has 0 spiro atoms. The van der Waals surface area contributed by atoms with Crippen molar-refractivity contribution in [1.29, 1.82) is 5.26 Å². The monoisotopic (exact) mass is 544 g/mol. The first-order valence-electron chi connectivity index (χ1n) is 13.7. The number of aromatic nitrogens is 1. The Balaban J connectivity index is 1.48. The van der Waals surface area contributed by atoms with Gasteiger partial charge < -0.3 is 9.84 Å². The van der Waals surface area contributed by atoms with E-state index < -0.39 is 0 Å². The minimum atomic E-state index is -0.298. The minimum Gasteiger partial charge on any atom is -0.489 e. The van der Waals surface area contributed by atoms with E-state index in [1.54, 1.807) is 18.2 Å². The maximum Gasteiger partial charge on any atom is 0.237 e. The lowest BCUT2D eigenvalue weighted by Gasteiger charge is -2.61. The van der Waals surface area contributed by atoms with Crippen LogP contribution in [0.3, 0.4) is 0 Å². The molecule has 2 aliphatic rings. The molecule has 5 nitrogen and oxygen atoms in total. The number of ketones is 1. The van der Waals surface area contributed by atoms with Crippen molar-refractivity contribution in [2.75, 3.05) is 6.61 Å². The van der Waals surface area contributed by atoms with Crippen LogP contribution >= 0.6 is 11.6 Å². The van der Waals surface area contributed by atoms with Crippen molar-refractivity contribution >= 4 is 23.5 Å². The fraction of sp³-hybridized carbons (Fsp3) is 0.485. The van der Waals surface area contributed by atoms with Gasteiger partial charge in [-0.3, -0.25) is 9.78 Å². The number of halogens is 1. The summed E-state index contributed by atoms with van der Waals surface area (Å²) < 4.78 is 6.33. The van der Waals surface area contributed by atoms with Crippen molar-refractivity contribution in [3.63, 3.8) is 0 Å². The molecule has 39 heavy (non-hydrogen) atoms. The lowest BCUT2D eigenvalue weighted by molar-refractivity contribution is -0.172. The number of aliphatic hydroxyl groups is 1. The summed E-state index contributed by atoms with van der Waals surface area (Å²) in [7, 11) is 0. The zero-order chi connectivity index (χ0) is 28.4. The van der Waals surface area contributed by atoms with Gasteiger partial charge >= 0.3 is 0 Å². The van der Waals surface area contributed by atoms with Gasteiger partial charge in [-0.2, -0.15) is 5.26 Å². The first kappa shape index (κ1) is 28.9. The third-order valence-corrected chi connectivity index (χ3v) is 8.73. The Morgan fingerprint density at radius 2 is 1.87 bits per heavy atom. The summed E-state index contributed by atoms with van der Waals surface area (Å²) in [6.45, 7) is 10.7. The molecular formula is C33H37ClN2O3. The highest BCUT2D eigenvalue weighted by molar-refractivity contribution is 6.31. The van der Waals surface area contributed by atoms with Crippen LogP contribution in [0.15, 0.2) is 35.9 Å². The molecule has 2 aliphatic carbocycles. The summed E-state index contributed by atoms with van der Waals surface area (Å²) >= 11 is 6.20. The van der Waals surface area contributed by atoms with Gasteiger partial charge in [0.15, 0.2) is 0 Å². The normalized spacial score (nSPS) is 23.0. The Morgan fingerprint density at radius 3 is 2.46 bits per heavy atom. The van der Waals surface area contributed by atoms with Crippen molar-refractivity contribution in [2.24, 2.45) is 22.7 Å². The van der Waals surface area contributed by atoms with E-state index in [1.807, 2.05) is 19.1 Å². The van der Waals surface area contributed by atoms with Crippen molar-refractivity contribution in [1.82, 2.24) is 4.98 Å². The first-order chi connectivity index (χ1) is 18.5. The number of benzene rings is 1. The third kappa shape index (κ3) is 5.91. The second kappa shape index (κ2) is 11.5. The molecule has 2 aromatic rings. The van der Waals surface area contributed by atoms with E-state index in [1.165, 1.54) is 5.57 Å². The summed E-state index contributed by atoms with van der Waals surface area (Å²) in [4.78, 5) is 18.0. The molecule has 4 rings (SSSR count). The molecule has 2 saturated carbocycles. The molecule has 2 fully saturated rings. The molecule has 0 amide bonds. The Morgan fingerprint density at radius 1 is 1.18 bits per heavy atom. The molecule has 0 unspecified atom stereocenters. The van der Waals surface area contributed by atoms with Crippen molar-refractivity contribution in [2.45, 2.75) is 72.8 Å². The predicted molar refractivity (Wildman–Crippen MR) is 154 cm³/mol. The Hall–Kier alpha value is -3.12. The summed E-state index contributed by atoms with van der Waals surface area (Å²) in [5.41, 5.74) is 3.36. The van der Waals surface area contributed by atoms with E-state index in [0.717, 1.165) is 37.1 Å². The first-order valence-corrected chi connectivity index (χ1v) is 14.1. The van der Waals surface area contributed by atoms with Crippen LogP contribution in [0.4, 0.5) is 0 Å². The lowest BCUT2D eigenvalue weighted by Crippen LogP contribution is -2.65. The van der Waals surface area contributed by atoms with Crippen LogP contribution in [0.1, 0.15) is 87.6 Å². The second-order valence-electron chi connectivity index (χ2n) is 11.9. The molecule has 0 saturated heterocycles. The van der Waals surface area contributed by atoms with E-state index >= 15 is 0 Å². The van der Waals surface area contributed by atoms with Crippen LogP contribution in [-0.2, 0) is 6.42 Å². The van der Waals surface area contributed by atoms with Gasteiger partial charge in [0.2, 0.25) is 5.78 Å². The third-order valence-electron chi connectivity index (χ3n) is 8.42. The summed E-state index contributed by atoms with van der Waals surface area (Å²) in [6, 6.07) is 10.9. The van der Waals surface area contributed by atoms with Crippen LogP contribution in [0.5, 0.6) is 5.75 Å². The molecule has 1 aromatic carbocycles. The van der Waals surface area contributed by atoms with Crippen LogP contribution < -0.4 is 4.74 Å². The molecule has 1 N–H and O–H groups in total. The topological polar surface area (TPSA) is 83.2 Å². The fourth-order valence-electron chi connectivity index (χ4n) is 6.46. The molecule has 0 aliphatic heterocycles. The number of ether oxygens (including phenoxy) is 1. The van der Waals surface area contributed by atoms with Crippen LogP contribution in [0.25, 0.3) is 6.08 Å². The quantitative estimate of drug-likeness (QED) is 0.239. The maximum atomic E-state index is 13.2. The molecular weight excluding hydrogens is 508 g/mol. The van der Waals surface area contributed by atoms with E-state index in [2.05, 4.69) is 51.7 Å². The Bertz CT molecular complexity index is 1360. The number of Topliss-reactive ketones (excluding diaryl/α,β-unsaturated/α-hetero) is 1. The molecule has 1 aromatic heterocycles. The van der Waals surface area contributed by atoms with Crippen LogP contribution in [0.2, 0.25) is 5.02 Å². The number of hydrogen-bond donors (Lipinski definition) is 1. The van der Waals surface area contributed by atoms with E-state index in [4.69, 9.17) is 26.6 Å². The van der Waals surface area contributed by atoms with Gasteiger partial charge in [0.25, 0.3) is 0 Å². The molecule has 1 heterocycles. The molecule has 0 bridgehead atoms. The van der Waals surface area contributed by atoms with Crippen LogP contribution in [0, 0.1) is 45.8 Å². The summed E-state index contributed by atoms with van der Waals surface area (Å²) in [5, 5.41) is 18.9. The maximum absolute atomic E-state index is 13.2. The largest absolute Gasteiger partial charge is 0.489 e. The van der Waals surface area contributed by atoms with Gasteiger partial charge in [0.1, 0.15) is 17.9 Å². The molecule has 0 atom stereocenters. The average molecular weight is 545 g/mol. The zero-order valence-electron chi connectivity index (χ0n) is 23.5. The molecule has 0 radical (unpaired) electrons. The fourth-order valence-corrected chi connectivity index (χ4v) is 6.67. The summed E-state index contributed by atoms with van der Waals surface area (Å²) in [5.74, 6) is 6.96. The average Bonchev–Trinajstić information content (AvgIpc) is 2.91. The number of allylic oxidation sites excluding steroid dienone is 1. The van der Waals surface area contributed by atoms with Gasteiger partial charge in [0.05, 0.1) is 27.5 Å². The van der Waals surface area contributed by atoms with Crippen molar-refractivity contribution in [3.05, 3.63) is 63.4 Å². The number of pyridine rings is 1. The van der Waals surface area contributed by atoms with Gasteiger partial charge in [-0.25, -0.2) is 0 Å². The number of carbonyl (C=O) groups excluding carboxylic acids is 1. The standard InChI is InChI=1S/C33H37ClN2O3/c1-6-28-26(14-12-24(36-28)17-21-7-9-22(20-37)10-8-21)29(38)15-16-30-32(2,3)31(33(30,4)5)39-25-13-11-23(19-35)27(34)18-25/h11-14,17-18,22,30-31,37H,6-10,20H2,1-5H3. The van der Waals surface area contributed by atoms with E-state index in [0.29, 0.717) is 34.2 Å². The smallest absolute Gasteiger partial charge is 0.237 e. The number of aryl methyl sites for hydroxylation is 1. The highest BCUT2D eigenvalue weighted by Gasteiger charge is 2.63. The minimum absolute atomic E-state index is 0.0519. The molecule has 204 valence electrons. The van der Waals surface area contributed by atoms with Gasteiger partial charge in [-0.15, -0.1) is 0 Å². The number of nitriles is 1. The van der Waals surface area contributed by atoms with E-state index in [9.17, 15) is 9.90 Å². The lowest BCUT2D eigenvalue weighted by atomic mass is 9.46. The number of aliphatic hydroxyl groups excluding tert-OH is 1. The number of rotatable bonds is 6. The second-order valence-corrected chi connectivity index (χ2v) is 12.3. The van der Waals surface area contributed by atoms with Gasteiger partial charge in [0, 0.05) is 29.4 Å². The Labute approximate surface area is 237 Å².